The van der Waals surface area contributed by atoms with Crippen molar-refractivity contribution >= 4 is 27.3 Å². The van der Waals surface area contributed by atoms with Gasteiger partial charge in [-0.1, -0.05) is 30.2 Å². The van der Waals surface area contributed by atoms with E-state index >= 15 is 0 Å². The van der Waals surface area contributed by atoms with Crippen molar-refractivity contribution in [3.05, 3.63) is 53.1 Å². The molecule has 1 aliphatic carbocycles. The van der Waals surface area contributed by atoms with E-state index in [0.717, 1.165) is 30.4 Å². The lowest BCUT2D eigenvalue weighted by Crippen LogP contribution is -2.28. The van der Waals surface area contributed by atoms with E-state index < -0.39 is 10.0 Å². The highest BCUT2D eigenvalue weighted by molar-refractivity contribution is 7.92. The Bertz CT molecular complexity index is 948. The summed E-state index contributed by atoms with van der Waals surface area (Å²) in [5, 5.41) is 2.84. The molecule has 1 saturated carbocycles. The Morgan fingerprint density at radius 3 is 2.35 bits per heavy atom. The molecule has 138 valence electrons. The number of benzene rings is 2. The number of hydrogen-bond acceptors (Lipinski definition) is 3. The number of nitrogens with one attached hydrogen (secondary N) is 2. The first-order chi connectivity index (χ1) is 12.3. The van der Waals surface area contributed by atoms with Gasteiger partial charge < -0.3 is 5.32 Å². The summed E-state index contributed by atoms with van der Waals surface area (Å²) >= 11 is 0. The second kappa shape index (κ2) is 7.11. The van der Waals surface area contributed by atoms with E-state index in [0.29, 0.717) is 16.9 Å². The van der Waals surface area contributed by atoms with Gasteiger partial charge in [0.15, 0.2) is 0 Å². The topological polar surface area (TPSA) is 75.3 Å². The van der Waals surface area contributed by atoms with Crippen LogP contribution >= 0.6 is 0 Å². The Balaban J connectivity index is 1.86. The molecular weight excluding hydrogens is 348 g/mol. The molecule has 1 aliphatic rings. The Morgan fingerprint density at radius 2 is 1.73 bits per heavy atom. The summed E-state index contributed by atoms with van der Waals surface area (Å²) in [5.74, 6) is 0.00971. The van der Waals surface area contributed by atoms with Gasteiger partial charge in [-0.2, -0.15) is 0 Å². The summed E-state index contributed by atoms with van der Waals surface area (Å²) < 4.78 is 28.4. The highest BCUT2D eigenvalue weighted by Crippen LogP contribution is 2.29. The summed E-state index contributed by atoms with van der Waals surface area (Å²) in [5.41, 5.74) is 3.62. The second-order valence-corrected chi connectivity index (χ2v) is 8.67. The van der Waals surface area contributed by atoms with Gasteiger partial charge in [0.05, 0.1) is 10.6 Å². The predicted octanol–water partition coefficient (Wildman–Crippen LogP) is 4.15. The van der Waals surface area contributed by atoms with Crippen LogP contribution < -0.4 is 10.0 Å². The number of hydrogen-bond donors (Lipinski definition) is 2. The van der Waals surface area contributed by atoms with Crippen LogP contribution in [-0.2, 0) is 14.8 Å². The average molecular weight is 372 g/mol. The Hall–Kier alpha value is -2.34. The zero-order valence-corrected chi connectivity index (χ0v) is 16.1. The Morgan fingerprint density at radius 1 is 1.00 bits per heavy atom. The third-order valence-electron chi connectivity index (χ3n) is 4.85. The van der Waals surface area contributed by atoms with Crippen LogP contribution in [0.4, 0.5) is 11.4 Å². The molecular formula is C20H24N2O3S. The molecule has 2 N–H and O–H groups in total. The smallest absolute Gasteiger partial charge is 0.262 e. The zero-order chi connectivity index (χ0) is 18.9. The van der Waals surface area contributed by atoms with Crippen molar-refractivity contribution in [2.75, 3.05) is 10.0 Å². The van der Waals surface area contributed by atoms with Crippen molar-refractivity contribution in [3.8, 4) is 0 Å². The van der Waals surface area contributed by atoms with Crippen LogP contribution in [0.15, 0.2) is 41.3 Å². The molecule has 1 amide bonds. The predicted molar refractivity (Wildman–Crippen MR) is 104 cm³/mol. The Kier molecular flexibility index (Phi) is 5.05. The Labute approximate surface area is 154 Å². The fraction of sp³-hybridized carbons (Fsp3) is 0.350. The summed E-state index contributed by atoms with van der Waals surface area (Å²) in [7, 11) is -3.75. The lowest BCUT2D eigenvalue weighted by molar-refractivity contribution is -0.122. The van der Waals surface area contributed by atoms with Crippen LogP contribution in [0.1, 0.15) is 36.0 Å². The molecule has 2 aromatic rings. The summed E-state index contributed by atoms with van der Waals surface area (Å²) in [4.78, 5) is 12.3. The molecule has 2 aromatic carbocycles. The molecule has 0 radical (unpaired) electrons. The summed E-state index contributed by atoms with van der Waals surface area (Å²) in [6.07, 6.45) is 2.87. The van der Waals surface area contributed by atoms with Gasteiger partial charge in [0.1, 0.15) is 0 Å². The lowest BCUT2D eigenvalue weighted by Gasteiger charge is -2.24. The minimum atomic E-state index is -3.75. The first-order valence-corrected chi connectivity index (χ1v) is 10.3. The van der Waals surface area contributed by atoms with E-state index in [1.165, 1.54) is 6.07 Å². The number of carbonyl (C=O) groups is 1. The monoisotopic (exact) mass is 372 g/mol. The largest absolute Gasteiger partial charge is 0.326 e. The summed E-state index contributed by atoms with van der Waals surface area (Å²) in [6, 6.07) is 10.5. The van der Waals surface area contributed by atoms with Gasteiger partial charge in [0, 0.05) is 11.6 Å². The van der Waals surface area contributed by atoms with Crippen molar-refractivity contribution in [2.45, 2.75) is 44.9 Å². The maximum atomic E-state index is 12.9. The van der Waals surface area contributed by atoms with Gasteiger partial charge >= 0.3 is 0 Å². The van der Waals surface area contributed by atoms with E-state index in [2.05, 4.69) is 10.0 Å². The fourth-order valence-corrected chi connectivity index (χ4v) is 4.41. The van der Waals surface area contributed by atoms with E-state index in [-0.39, 0.29) is 16.7 Å². The number of sulfonamides is 1. The number of carbonyl (C=O) groups excluding carboxylic acids is 1. The van der Waals surface area contributed by atoms with Crippen molar-refractivity contribution in [1.82, 2.24) is 0 Å². The molecule has 0 bridgehead atoms. The van der Waals surface area contributed by atoms with Crippen LogP contribution in [0.3, 0.4) is 0 Å². The fourth-order valence-electron chi connectivity index (χ4n) is 3.01. The summed E-state index contributed by atoms with van der Waals surface area (Å²) in [6.45, 7) is 5.57. The molecule has 0 saturated heterocycles. The molecule has 0 spiro atoms. The minimum absolute atomic E-state index is 0.0363. The number of aryl methyl sites for hydroxylation is 3. The second-order valence-electron chi connectivity index (χ2n) is 7.02. The van der Waals surface area contributed by atoms with Crippen LogP contribution in [-0.4, -0.2) is 14.3 Å². The molecule has 0 unspecified atom stereocenters. The van der Waals surface area contributed by atoms with Crippen molar-refractivity contribution in [2.24, 2.45) is 5.92 Å². The zero-order valence-electron chi connectivity index (χ0n) is 15.3. The molecule has 3 rings (SSSR count). The molecule has 0 atom stereocenters. The van der Waals surface area contributed by atoms with E-state index in [1.54, 1.807) is 25.1 Å². The minimum Gasteiger partial charge on any atom is -0.326 e. The number of amides is 1. The van der Waals surface area contributed by atoms with Gasteiger partial charge in [-0.05, 0) is 62.9 Å². The SMILES string of the molecule is Cc1ccc(NS(=O)(=O)c2cc(NC(=O)C3CCC3)ccc2C)c(C)c1. The van der Waals surface area contributed by atoms with Gasteiger partial charge in [-0.25, -0.2) is 8.42 Å². The molecule has 0 heterocycles. The van der Waals surface area contributed by atoms with Gasteiger partial charge in [0.25, 0.3) is 10.0 Å². The lowest BCUT2D eigenvalue weighted by atomic mass is 9.85. The van der Waals surface area contributed by atoms with E-state index in [1.807, 2.05) is 26.0 Å². The van der Waals surface area contributed by atoms with Gasteiger partial charge in [-0.3, -0.25) is 9.52 Å². The molecule has 6 heteroatoms. The molecule has 0 aliphatic heterocycles. The van der Waals surface area contributed by atoms with Crippen molar-refractivity contribution < 1.29 is 13.2 Å². The molecule has 5 nitrogen and oxygen atoms in total. The van der Waals surface area contributed by atoms with Crippen LogP contribution in [0.2, 0.25) is 0 Å². The van der Waals surface area contributed by atoms with Gasteiger partial charge in [0.2, 0.25) is 5.91 Å². The third kappa shape index (κ3) is 3.90. The molecule has 26 heavy (non-hydrogen) atoms. The van der Waals surface area contributed by atoms with Crippen LogP contribution in [0.25, 0.3) is 0 Å². The quantitative estimate of drug-likeness (QED) is 0.828. The number of rotatable bonds is 5. The van der Waals surface area contributed by atoms with Crippen molar-refractivity contribution in [3.63, 3.8) is 0 Å². The van der Waals surface area contributed by atoms with Crippen molar-refractivity contribution in [1.29, 1.82) is 0 Å². The normalized spacial score (nSPS) is 14.6. The number of anilines is 2. The first-order valence-electron chi connectivity index (χ1n) is 8.78. The maximum Gasteiger partial charge on any atom is 0.262 e. The third-order valence-corrected chi connectivity index (χ3v) is 6.35. The first kappa shape index (κ1) is 18.5. The average Bonchev–Trinajstić information content (AvgIpc) is 2.50. The van der Waals surface area contributed by atoms with Gasteiger partial charge in [-0.15, -0.1) is 0 Å². The molecule has 1 fully saturated rings. The highest BCUT2D eigenvalue weighted by Gasteiger charge is 2.26. The standard InChI is InChI=1S/C20H24N2O3S/c1-13-7-10-18(15(3)11-13)22-26(24,25)19-12-17(9-8-14(19)2)21-20(23)16-5-4-6-16/h7-12,16,22H,4-6H2,1-3H3,(H,21,23). The highest BCUT2D eigenvalue weighted by atomic mass is 32.2. The van der Waals surface area contributed by atoms with E-state index in [9.17, 15) is 13.2 Å². The van der Waals surface area contributed by atoms with Crippen LogP contribution in [0.5, 0.6) is 0 Å². The molecule has 0 aromatic heterocycles. The maximum absolute atomic E-state index is 12.9. The van der Waals surface area contributed by atoms with E-state index in [4.69, 9.17) is 0 Å². The van der Waals surface area contributed by atoms with Crippen LogP contribution in [0, 0.1) is 26.7 Å².